The van der Waals surface area contributed by atoms with Crippen LogP contribution in [0.4, 0.5) is 10.5 Å². The topological polar surface area (TPSA) is 412 Å². The number of benzene rings is 1. The minimum atomic E-state index is -5.36. The summed E-state index contributed by atoms with van der Waals surface area (Å²) < 4.78 is 58.8. The molecule has 10 atom stereocenters. The predicted molar refractivity (Wildman–Crippen MR) is 279 cm³/mol. The Hall–Kier alpha value is -5.24. The Morgan fingerprint density at radius 3 is 2.24 bits per heavy atom. The van der Waals surface area contributed by atoms with Crippen LogP contribution in [-0.4, -0.2) is 203 Å². The molecule has 0 bridgehead atoms. The number of cyclic esters (lactones) is 1. The molecule has 2 aliphatic heterocycles. The third-order valence-corrected chi connectivity index (χ3v) is 12.0. The fourth-order valence-corrected chi connectivity index (χ4v) is 7.68. The van der Waals surface area contributed by atoms with Crippen LogP contribution in [0.2, 0.25) is 0 Å². The fourth-order valence-electron chi connectivity index (χ4n) is 7.06. The van der Waals surface area contributed by atoms with Gasteiger partial charge < -0.3 is 98.4 Å². The number of hydrogen-bond acceptors (Lipinski definition) is 23. The van der Waals surface area contributed by atoms with E-state index in [2.05, 4.69) is 15.2 Å². The Morgan fingerprint density at radius 2 is 1.59 bits per heavy atom. The number of aliphatic hydroxyl groups excluding tert-OH is 4. The van der Waals surface area contributed by atoms with E-state index in [1.165, 1.54) is 92.6 Å². The summed E-state index contributed by atoms with van der Waals surface area (Å²) >= 11 is 0. The molecule has 3 rings (SSSR count). The van der Waals surface area contributed by atoms with Crippen LogP contribution in [0, 0.1) is 0 Å². The number of amides is 3. The molecule has 1 aromatic carbocycles. The van der Waals surface area contributed by atoms with Crippen molar-refractivity contribution in [1.29, 1.82) is 0 Å². The number of aliphatic hydroxyl groups is 5. The summed E-state index contributed by atoms with van der Waals surface area (Å²) in [6.45, 7) is 3.70. The summed E-state index contributed by atoms with van der Waals surface area (Å²) in [7, 11) is -3.91. The van der Waals surface area contributed by atoms with Gasteiger partial charge in [-0.1, -0.05) is 48.6 Å². The van der Waals surface area contributed by atoms with E-state index in [1.807, 2.05) is 0 Å². The molecule has 2 aliphatic rings. The van der Waals surface area contributed by atoms with Crippen LogP contribution in [0.5, 0.6) is 5.75 Å². The predicted octanol–water partition coefficient (Wildman–Crippen LogP) is -2.84. The first-order valence-electron chi connectivity index (χ1n) is 25.6. The molecule has 1 fully saturated rings. The minimum Gasteiger partial charge on any atom is -0.756 e. The monoisotopic (exact) mass is 1190 g/mol. The van der Waals surface area contributed by atoms with E-state index in [0.29, 0.717) is 38.2 Å². The van der Waals surface area contributed by atoms with Gasteiger partial charge >= 0.3 is 53.6 Å². The van der Waals surface area contributed by atoms with Crippen molar-refractivity contribution in [2.45, 2.75) is 120 Å². The molecular weight excluding hydrogens is 1120 g/mol. The van der Waals surface area contributed by atoms with E-state index in [9.17, 15) is 78.6 Å². The number of carbonyl (C=O) groups excluding carboxylic acids is 6. The van der Waals surface area contributed by atoms with E-state index in [1.54, 1.807) is 6.08 Å². The van der Waals surface area contributed by atoms with Crippen LogP contribution in [0.3, 0.4) is 0 Å². The number of phosphoric ester groups is 1. The Balaban J connectivity index is 0.0000230. The van der Waals surface area contributed by atoms with Gasteiger partial charge in [0.05, 0.1) is 51.4 Å². The van der Waals surface area contributed by atoms with Crippen molar-refractivity contribution in [1.82, 2.24) is 10.2 Å². The molecule has 1 unspecified atom stereocenters. The number of carbonyl (C=O) groups is 7. The van der Waals surface area contributed by atoms with Crippen molar-refractivity contribution in [2.75, 3.05) is 71.7 Å². The number of carboxylic acid groups (broad SMARTS) is 1. The number of esters is 2. The van der Waals surface area contributed by atoms with Gasteiger partial charge in [-0.3, -0.25) is 23.7 Å². The third-order valence-electron chi connectivity index (χ3n) is 11.5. The average molecular weight is 1190 g/mol. The zero-order chi connectivity index (χ0) is 60.0. The Bertz CT molecular complexity index is 2410. The fraction of sp³-hybridized carbons (Fsp3) is 0.558. The molecule has 0 spiro atoms. The summed E-state index contributed by atoms with van der Waals surface area (Å²) in [5.41, 5.74) is -1.78. The summed E-state index contributed by atoms with van der Waals surface area (Å²) in [5.74, 6) is -4.11. The molecule has 0 radical (unpaired) electrons. The number of nitrogens with one attached hydrogen (secondary N) is 2. The quantitative estimate of drug-likeness (QED) is 0.00616. The molecule has 0 aromatic heterocycles. The second kappa shape index (κ2) is 38.6. The first-order chi connectivity index (χ1) is 38.3. The zero-order valence-electron chi connectivity index (χ0n) is 46.0. The normalized spacial score (nSPS) is 21.2. The summed E-state index contributed by atoms with van der Waals surface area (Å²) in [4.78, 5) is 107. The van der Waals surface area contributed by atoms with Crippen LogP contribution >= 0.6 is 7.82 Å². The van der Waals surface area contributed by atoms with Gasteiger partial charge in [0.25, 0.3) is 7.82 Å². The van der Waals surface area contributed by atoms with E-state index in [0.717, 1.165) is 6.08 Å². The second-order valence-electron chi connectivity index (χ2n) is 18.4. The number of nitrogens with zero attached hydrogens (tertiary/aromatic N) is 1. The molecule has 1 saturated heterocycles. The summed E-state index contributed by atoms with van der Waals surface area (Å²) in [6.07, 6.45) is -0.254. The molecule has 0 saturated carbocycles. The van der Waals surface area contributed by atoms with Crippen molar-refractivity contribution >= 4 is 55.1 Å². The van der Waals surface area contributed by atoms with Gasteiger partial charge in [0, 0.05) is 64.7 Å². The first kappa shape index (κ1) is 72.9. The number of allylic oxidation sites excluding steroid dienone is 4. The number of aliphatic carboxylic acids is 1. The van der Waals surface area contributed by atoms with Crippen molar-refractivity contribution in [3.05, 3.63) is 84.5 Å². The molecule has 1 aromatic rings. The van der Waals surface area contributed by atoms with Crippen molar-refractivity contribution in [3.63, 3.8) is 0 Å². The third kappa shape index (κ3) is 29.8. The molecule has 28 nitrogen and oxygen atoms in total. The standard InChI is InChI=1S/C52H74N3O25P.Na/c1-34(56)19-25-72-27-29-74-30-28-73-26-20-41(58)53-22-18-42(59)54-38-31-35(15-16-39(38)78-50-47(64)45(62)46(63)48(79-50)49(65)66)33-76-43(60)14-10-23-55(3)51(67)75-24-8-6-4-5-7-11-36(57)32-40(80-81(69,70)71)52(2,68)21-17-37-12-9-13-44(61)77-37;/h4-9,11,13,15-17,21,31,36-37,40,45-48,50,57,62-64,68H,10,12,14,18-20,22-30,32-33H2,1-3H3,(H,53,58)(H,54,59)(H,65,66)(H2,69,70,71);/q;+1/p-1/b5-4-,8-6+,11-7-,21-17+;/t36-,37-,40-,45+,46+,47-,48+,50-,52-;/m1./s1. The molecule has 9 N–H and O–H groups in total. The van der Waals surface area contributed by atoms with Gasteiger partial charge in [0.1, 0.15) is 60.9 Å². The molecule has 452 valence electrons. The molecule has 3 amide bonds. The van der Waals surface area contributed by atoms with Crippen LogP contribution in [-0.2, 0) is 77.6 Å². The maximum atomic E-state index is 13.1. The van der Waals surface area contributed by atoms with Gasteiger partial charge in [-0.2, -0.15) is 0 Å². The number of ketones is 1. The Kier molecular flexibility index (Phi) is 34.3. The molecule has 82 heavy (non-hydrogen) atoms. The van der Waals surface area contributed by atoms with E-state index >= 15 is 0 Å². The number of rotatable bonds is 37. The first-order valence-corrected chi connectivity index (χ1v) is 27.1. The largest absolute Gasteiger partial charge is 1.00 e. The average Bonchev–Trinajstić information content (AvgIpc) is 3.50. The smallest absolute Gasteiger partial charge is 0.756 e. The molecule has 30 heteroatoms. The van der Waals surface area contributed by atoms with E-state index in [4.69, 9.17) is 37.9 Å². The SMILES string of the molecule is CC(=O)CCOCCOCCOCCC(=O)NCCC(=O)Nc1cc(COC(=O)CCCN(C)C(=O)OC/C=C/C=C\C=C/[C@@H](O)C[C@@H](OP(=O)([O-])O)[C@](C)(O)/C=C/[C@H]2CC=CC(=O)O2)ccc1O[C@@H]1O[C@H](C(=O)O)[C@@H](O)[C@H](O)[C@H]1O.[Na+]. The number of phosphoric acid groups is 1. The zero-order valence-corrected chi connectivity index (χ0v) is 48.9. The number of hydrogen-bond donors (Lipinski definition) is 9. The Morgan fingerprint density at radius 1 is 0.915 bits per heavy atom. The van der Waals surface area contributed by atoms with Gasteiger partial charge in [-0.25, -0.2) is 14.4 Å². The van der Waals surface area contributed by atoms with Gasteiger partial charge in [-0.05, 0) is 50.1 Å². The molecule has 0 aliphatic carbocycles. The summed E-state index contributed by atoms with van der Waals surface area (Å²) in [6, 6.07) is 4.06. The summed E-state index contributed by atoms with van der Waals surface area (Å²) in [5, 5.41) is 67.0. The minimum absolute atomic E-state index is 0. The number of ether oxygens (including phenoxy) is 8. The van der Waals surface area contributed by atoms with Crippen LogP contribution in [0.1, 0.15) is 64.4 Å². The van der Waals surface area contributed by atoms with Crippen molar-refractivity contribution in [3.8, 4) is 5.75 Å². The van der Waals surface area contributed by atoms with Crippen LogP contribution in [0.15, 0.2) is 79.0 Å². The number of carboxylic acids is 1. The van der Waals surface area contributed by atoms with Gasteiger partial charge in [-0.15, -0.1) is 0 Å². The molecular formula is C52H73N3NaO25P. The van der Waals surface area contributed by atoms with Crippen LogP contribution in [0.25, 0.3) is 0 Å². The Labute approximate surface area is 495 Å². The number of Topliss-reactive ketones (excluding diaryl/α,β-unsaturated/α-hetero) is 1. The number of anilines is 1. The van der Waals surface area contributed by atoms with Crippen molar-refractivity contribution in [2.24, 2.45) is 0 Å². The van der Waals surface area contributed by atoms with Crippen molar-refractivity contribution < 1.29 is 151 Å². The van der Waals surface area contributed by atoms with Crippen LogP contribution < -0.4 is 49.8 Å². The molecule has 2 heterocycles. The second-order valence-corrected chi connectivity index (χ2v) is 19.5. The van der Waals surface area contributed by atoms with Gasteiger partial charge in [0.2, 0.25) is 18.1 Å². The maximum Gasteiger partial charge on any atom is 1.00 e. The van der Waals surface area contributed by atoms with E-state index < -0.39 is 105 Å². The van der Waals surface area contributed by atoms with E-state index in [-0.39, 0.29) is 119 Å². The van der Waals surface area contributed by atoms with Gasteiger partial charge in [0.15, 0.2) is 6.10 Å². The maximum absolute atomic E-state index is 13.1.